The summed E-state index contributed by atoms with van der Waals surface area (Å²) in [6.45, 7) is -0.336. The summed E-state index contributed by atoms with van der Waals surface area (Å²) in [5.74, 6) is -6.90. The Morgan fingerprint density at radius 3 is 2.33 bits per heavy atom. The molecule has 5 unspecified atom stereocenters. The minimum atomic E-state index is -1.68. The first-order valence-corrected chi connectivity index (χ1v) is 16.5. The molecule has 20 nitrogen and oxygen atoms in total. The molecule has 1 aromatic heterocycles. The van der Waals surface area contributed by atoms with Crippen molar-refractivity contribution in [3.63, 3.8) is 0 Å². The van der Waals surface area contributed by atoms with Crippen LogP contribution in [0.1, 0.15) is 43.4 Å². The van der Waals surface area contributed by atoms with E-state index in [4.69, 9.17) is 17.2 Å². The third-order valence-corrected chi connectivity index (χ3v) is 8.08. The van der Waals surface area contributed by atoms with Crippen molar-refractivity contribution in [1.29, 1.82) is 0 Å². The van der Waals surface area contributed by atoms with Crippen LogP contribution in [0, 0.1) is 0 Å². The van der Waals surface area contributed by atoms with Crippen LogP contribution in [0.3, 0.4) is 0 Å². The van der Waals surface area contributed by atoms with Crippen molar-refractivity contribution in [2.45, 2.75) is 75.2 Å². The number of aromatic amines is 1. The molecular weight excluding hydrogens is 682 g/mol. The quantitative estimate of drug-likeness (QED) is 0.0363. The lowest BCUT2D eigenvalue weighted by molar-refractivity contribution is -0.143. The van der Waals surface area contributed by atoms with E-state index in [-0.39, 0.29) is 44.7 Å². The fraction of sp³-hybridized carbons (Fsp3) is 0.469. The van der Waals surface area contributed by atoms with Crippen LogP contribution >= 0.6 is 0 Å². The van der Waals surface area contributed by atoms with Gasteiger partial charge in [0.2, 0.25) is 29.5 Å². The van der Waals surface area contributed by atoms with Crippen molar-refractivity contribution in [3.05, 3.63) is 54.1 Å². The molecule has 0 bridgehead atoms. The maximum atomic E-state index is 13.4. The SMILES string of the molecule is NC(N)=NCCCC(NC(=O)C1CCCN1C(=O)C(N)Cc1cnc[nH]1)C(=O)NCC(=O)NC(CC(=O)O)C(=O)NC(Cc1ccccc1)C(=O)O. The number of hydrogen-bond donors (Lipinski definition) is 10. The highest BCUT2D eigenvalue weighted by atomic mass is 16.4. The maximum absolute atomic E-state index is 13.4. The van der Waals surface area contributed by atoms with Crippen LogP contribution in [0.25, 0.3) is 0 Å². The lowest BCUT2D eigenvalue weighted by Crippen LogP contribution is -2.57. The number of likely N-dealkylation sites (tertiary alicyclic amines) is 1. The van der Waals surface area contributed by atoms with Crippen molar-refractivity contribution in [2.75, 3.05) is 19.6 Å². The number of carboxylic acid groups (broad SMARTS) is 2. The monoisotopic (exact) mass is 727 g/mol. The molecule has 0 radical (unpaired) electrons. The summed E-state index contributed by atoms with van der Waals surface area (Å²) in [7, 11) is 0. The number of nitrogens with zero attached hydrogens (tertiary/aromatic N) is 3. The van der Waals surface area contributed by atoms with E-state index in [0.717, 1.165) is 0 Å². The summed E-state index contributed by atoms with van der Waals surface area (Å²) in [6, 6.07) is 2.23. The van der Waals surface area contributed by atoms with E-state index in [9.17, 15) is 43.8 Å². The molecule has 52 heavy (non-hydrogen) atoms. The van der Waals surface area contributed by atoms with Crippen LogP contribution in [0.15, 0.2) is 47.8 Å². The van der Waals surface area contributed by atoms with Gasteiger partial charge in [0.05, 0.1) is 25.3 Å². The summed E-state index contributed by atoms with van der Waals surface area (Å²) in [5.41, 5.74) is 18.1. The summed E-state index contributed by atoms with van der Waals surface area (Å²) in [4.78, 5) is 101. The highest BCUT2D eigenvalue weighted by molar-refractivity contribution is 5.96. The van der Waals surface area contributed by atoms with E-state index in [2.05, 4.69) is 36.2 Å². The van der Waals surface area contributed by atoms with E-state index >= 15 is 0 Å². The Kier molecular flexibility index (Phi) is 15.5. The molecule has 5 amide bonds. The Morgan fingerprint density at radius 1 is 0.962 bits per heavy atom. The molecule has 1 aromatic carbocycles. The van der Waals surface area contributed by atoms with Gasteiger partial charge >= 0.3 is 11.9 Å². The number of aliphatic carboxylic acids is 2. The second kappa shape index (κ2) is 20.0. The summed E-state index contributed by atoms with van der Waals surface area (Å²) < 4.78 is 0. The predicted octanol–water partition coefficient (Wildman–Crippen LogP) is -3.30. The topological polar surface area (TPSA) is 330 Å². The number of rotatable bonds is 20. The lowest BCUT2D eigenvalue weighted by atomic mass is 10.1. The number of guanidine groups is 1. The van der Waals surface area contributed by atoms with Gasteiger partial charge in [-0.15, -0.1) is 0 Å². The van der Waals surface area contributed by atoms with Gasteiger partial charge in [0.25, 0.3) is 0 Å². The Labute approximate surface area is 298 Å². The molecule has 0 aliphatic carbocycles. The van der Waals surface area contributed by atoms with Crippen LogP contribution in [-0.2, 0) is 46.4 Å². The van der Waals surface area contributed by atoms with Crippen molar-refractivity contribution < 1.29 is 43.8 Å². The third kappa shape index (κ3) is 13.0. The first kappa shape index (κ1) is 40.4. The van der Waals surface area contributed by atoms with Gasteiger partial charge in [0.15, 0.2) is 5.96 Å². The van der Waals surface area contributed by atoms with Gasteiger partial charge in [-0.05, 0) is 31.2 Å². The number of benzene rings is 1. The van der Waals surface area contributed by atoms with Crippen molar-refractivity contribution >= 4 is 47.4 Å². The van der Waals surface area contributed by atoms with Crippen LogP contribution in [0.5, 0.6) is 0 Å². The fourth-order valence-electron chi connectivity index (χ4n) is 5.52. The number of amides is 5. The first-order chi connectivity index (χ1) is 24.7. The second-order valence-electron chi connectivity index (χ2n) is 12.1. The molecule has 20 heteroatoms. The number of carbonyl (C=O) groups excluding carboxylic acids is 5. The van der Waals surface area contributed by atoms with Gasteiger partial charge < -0.3 is 58.6 Å². The molecule has 13 N–H and O–H groups in total. The summed E-state index contributed by atoms with van der Waals surface area (Å²) >= 11 is 0. The smallest absolute Gasteiger partial charge is 0.326 e. The van der Waals surface area contributed by atoms with E-state index in [1.54, 1.807) is 30.3 Å². The Morgan fingerprint density at radius 2 is 1.69 bits per heavy atom. The fourth-order valence-corrected chi connectivity index (χ4v) is 5.52. The van der Waals surface area contributed by atoms with E-state index < -0.39 is 84.6 Å². The molecular formula is C32H45N11O9. The number of imidazole rings is 1. The molecule has 1 aliphatic heterocycles. The van der Waals surface area contributed by atoms with Gasteiger partial charge in [-0.3, -0.25) is 33.8 Å². The van der Waals surface area contributed by atoms with Crippen LogP contribution in [-0.4, -0.2) is 122 Å². The molecule has 1 fully saturated rings. The maximum Gasteiger partial charge on any atom is 0.326 e. The summed E-state index contributed by atoms with van der Waals surface area (Å²) in [5, 5.41) is 28.4. The number of carboxylic acids is 2. The molecule has 0 spiro atoms. The Hall–Kier alpha value is -6.05. The molecule has 282 valence electrons. The number of nitrogens with two attached hydrogens (primary N) is 3. The zero-order valence-electron chi connectivity index (χ0n) is 28.3. The van der Waals surface area contributed by atoms with Crippen molar-refractivity contribution in [1.82, 2.24) is 36.1 Å². The molecule has 1 saturated heterocycles. The number of hydrogen-bond acceptors (Lipinski definition) is 10. The van der Waals surface area contributed by atoms with Crippen LogP contribution in [0.4, 0.5) is 0 Å². The Balaban J connectivity index is 1.63. The van der Waals surface area contributed by atoms with E-state index in [0.29, 0.717) is 24.1 Å². The first-order valence-electron chi connectivity index (χ1n) is 16.5. The molecule has 3 rings (SSSR count). The number of aliphatic imine (C=N–C) groups is 1. The van der Waals surface area contributed by atoms with Crippen molar-refractivity contribution in [2.24, 2.45) is 22.2 Å². The predicted molar refractivity (Wildman–Crippen MR) is 184 cm³/mol. The van der Waals surface area contributed by atoms with Gasteiger partial charge in [0.1, 0.15) is 24.2 Å². The molecule has 2 aromatic rings. The highest BCUT2D eigenvalue weighted by Gasteiger charge is 2.38. The van der Waals surface area contributed by atoms with E-state index in [1.165, 1.54) is 17.4 Å². The van der Waals surface area contributed by atoms with Crippen LogP contribution < -0.4 is 38.5 Å². The molecule has 1 aliphatic rings. The van der Waals surface area contributed by atoms with Gasteiger partial charge in [-0.25, -0.2) is 9.78 Å². The lowest BCUT2D eigenvalue weighted by Gasteiger charge is -2.28. The number of nitrogens with one attached hydrogen (secondary N) is 5. The molecule has 5 atom stereocenters. The zero-order valence-corrected chi connectivity index (χ0v) is 28.3. The molecule has 0 saturated carbocycles. The highest BCUT2D eigenvalue weighted by Crippen LogP contribution is 2.19. The minimum Gasteiger partial charge on any atom is -0.481 e. The standard InChI is InChI=1S/C32H45N11O9/c33-20(13-19-15-36-17-39-19)30(50)43-11-5-9-24(43)29(49)41-21(8-4-10-37-32(34)35)27(47)38-16-25(44)40-22(14-26(45)46)28(48)42-23(31(51)52)12-18-6-2-1-3-7-18/h1-3,6-7,15,17,20-24H,4-5,8-14,16,33H2,(H,36,39)(H,38,47)(H,40,44)(H,41,49)(H,42,48)(H,45,46)(H,51,52)(H4,34,35,37). The average Bonchev–Trinajstić information content (AvgIpc) is 3.80. The third-order valence-electron chi connectivity index (χ3n) is 8.08. The van der Waals surface area contributed by atoms with E-state index in [1.807, 2.05) is 0 Å². The number of aromatic nitrogens is 2. The normalized spacial score (nSPS) is 16.0. The minimum absolute atomic E-state index is 0.0258. The van der Waals surface area contributed by atoms with Gasteiger partial charge in [-0.1, -0.05) is 30.3 Å². The average molecular weight is 728 g/mol. The largest absolute Gasteiger partial charge is 0.481 e. The van der Waals surface area contributed by atoms with Crippen molar-refractivity contribution in [3.8, 4) is 0 Å². The zero-order chi connectivity index (χ0) is 38.2. The number of carbonyl (C=O) groups is 7. The van der Waals surface area contributed by atoms with Gasteiger partial charge in [-0.2, -0.15) is 0 Å². The second-order valence-corrected chi connectivity index (χ2v) is 12.1. The summed E-state index contributed by atoms with van der Waals surface area (Å²) in [6.07, 6.45) is 3.28. The van der Waals surface area contributed by atoms with Crippen LogP contribution in [0.2, 0.25) is 0 Å². The Bertz CT molecular complexity index is 1580. The van der Waals surface area contributed by atoms with Gasteiger partial charge in [0, 0.05) is 37.8 Å². The number of H-pyrrole nitrogens is 1. The molecule has 2 heterocycles.